The fourth-order valence-corrected chi connectivity index (χ4v) is 2.40. The molecule has 1 unspecified atom stereocenters. The third kappa shape index (κ3) is 3.06. The summed E-state index contributed by atoms with van der Waals surface area (Å²) in [6.45, 7) is 0.150. The van der Waals surface area contributed by atoms with Crippen LogP contribution in [0.3, 0.4) is 0 Å². The standard InChI is InChI=1S/C18H13FN2O2/c19-13-6-8-14(9-7-13)21-18-15(10-20)17(22)16(11-23-18)12-4-2-1-3-5-12/h1-9,16,21H,11H2. The summed E-state index contributed by atoms with van der Waals surface area (Å²) in [7, 11) is 0. The fraction of sp³-hybridized carbons (Fsp3) is 0.111. The van der Waals surface area contributed by atoms with Crippen LogP contribution in [-0.2, 0) is 9.53 Å². The molecule has 0 saturated heterocycles. The van der Waals surface area contributed by atoms with Crippen LogP contribution in [0, 0.1) is 17.1 Å². The van der Waals surface area contributed by atoms with E-state index in [1.165, 1.54) is 24.3 Å². The lowest BCUT2D eigenvalue weighted by Gasteiger charge is -2.25. The quantitative estimate of drug-likeness (QED) is 0.944. The average Bonchev–Trinajstić information content (AvgIpc) is 2.58. The van der Waals surface area contributed by atoms with Gasteiger partial charge < -0.3 is 10.1 Å². The van der Waals surface area contributed by atoms with E-state index in [0.29, 0.717) is 5.69 Å². The number of hydrogen-bond donors (Lipinski definition) is 1. The smallest absolute Gasteiger partial charge is 0.213 e. The first kappa shape index (κ1) is 14.8. The lowest BCUT2D eigenvalue weighted by molar-refractivity contribution is -0.119. The minimum absolute atomic E-state index is 0.0607. The lowest BCUT2D eigenvalue weighted by Crippen LogP contribution is -2.28. The number of hydrogen-bond acceptors (Lipinski definition) is 4. The molecule has 0 amide bonds. The molecule has 0 fully saturated rings. The number of carbonyl (C=O) groups is 1. The van der Waals surface area contributed by atoms with Gasteiger partial charge >= 0.3 is 0 Å². The highest BCUT2D eigenvalue weighted by atomic mass is 19.1. The Bertz CT molecular complexity index is 792. The molecule has 1 N–H and O–H groups in total. The number of ether oxygens (including phenoxy) is 1. The van der Waals surface area contributed by atoms with Crippen molar-refractivity contribution in [3.63, 3.8) is 0 Å². The fourth-order valence-electron chi connectivity index (χ4n) is 2.40. The largest absolute Gasteiger partial charge is 0.477 e. The third-order valence-electron chi connectivity index (χ3n) is 3.60. The molecule has 0 aromatic heterocycles. The Morgan fingerprint density at radius 2 is 1.83 bits per heavy atom. The van der Waals surface area contributed by atoms with Crippen molar-refractivity contribution in [2.45, 2.75) is 5.92 Å². The lowest BCUT2D eigenvalue weighted by atomic mass is 9.90. The summed E-state index contributed by atoms with van der Waals surface area (Å²) in [6.07, 6.45) is 0. The van der Waals surface area contributed by atoms with E-state index in [-0.39, 0.29) is 29.7 Å². The van der Waals surface area contributed by atoms with Crippen LogP contribution in [0.25, 0.3) is 0 Å². The van der Waals surface area contributed by atoms with Gasteiger partial charge in [-0.1, -0.05) is 30.3 Å². The highest BCUT2D eigenvalue weighted by Gasteiger charge is 2.32. The number of ketones is 1. The molecule has 0 spiro atoms. The van der Waals surface area contributed by atoms with Gasteiger partial charge in [-0.05, 0) is 29.8 Å². The van der Waals surface area contributed by atoms with E-state index in [4.69, 9.17) is 4.74 Å². The van der Waals surface area contributed by atoms with E-state index in [2.05, 4.69) is 5.32 Å². The Balaban J connectivity index is 1.88. The predicted molar refractivity (Wildman–Crippen MR) is 82.8 cm³/mol. The highest BCUT2D eigenvalue weighted by molar-refractivity contribution is 6.05. The monoisotopic (exact) mass is 308 g/mol. The number of Topliss-reactive ketones (excluding diaryl/α,β-unsaturated/α-hetero) is 1. The number of nitrogens with one attached hydrogen (secondary N) is 1. The molecule has 2 aromatic carbocycles. The summed E-state index contributed by atoms with van der Waals surface area (Å²) in [5.74, 6) is -1.04. The maximum atomic E-state index is 12.9. The third-order valence-corrected chi connectivity index (χ3v) is 3.60. The maximum Gasteiger partial charge on any atom is 0.213 e. The molecule has 1 heterocycles. The molecule has 1 aliphatic rings. The molecule has 0 aliphatic carbocycles. The molecule has 1 aliphatic heterocycles. The summed E-state index contributed by atoms with van der Waals surface area (Å²) < 4.78 is 18.5. The van der Waals surface area contributed by atoms with Crippen LogP contribution in [0.5, 0.6) is 0 Å². The van der Waals surface area contributed by atoms with Crippen LogP contribution in [0.1, 0.15) is 11.5 Å². The summed E-state index contributed by atoms with van der Waals surface area (Å²) in [5, 5.41) is 12.2. The molecule has 5 heteroatoms. The van der Waals surface area contributed by atoms with Gasteiger partial charge in [0.25, 0.3) is 0 Å². The van der Waals surface area contributed by atoms with Gasteiger partial charge in [0.05, 0.1) is 5.92 Å². The normalized spacial score (nSPS) is 17.4. The molecule has 1 atom stereocenters. The zero-order valence-electron chi connectivity index (χ0n) is 12.1. The number of nitrogens with zero attached hydrogens (tertiary/aromatic N) is 1. The molecule has 0 bridgehead atoms. The van der Waals surface area contributed by atoms with Crippen molar-refractivity contribution in [2.75, 3.05) is 11.9 Å². The van der Waals surface area contributed by atoms with Gasteiger partial charge in [-0.2, -0.15) is 5.26 Å². The first-order chi connectivity index (χ1) is 11.2. The molecular formula is C18H13FN2O2. The van der Waals surface area contributed by atoms with E-state index in [0.717, 1.165) is 5.56 Å². The molecule has 114 valence electrons. The van der Waals surface area contributed by atoms with Crippen LogP contribution in [0.2, 0.25) is 0 Å². The Morgan fingerprint density at radius 1 is 1.13 bits per heavy atom. The zero-order chi connectivity index (χ0) is 16.2. The Kier molecular flexibility index (Phi) is 4.07. The van der Waals surface area contributed by atoms with Crippen molar-refractivity contribution in [3.8, 4) is 6.07 Å². The Hall–Kier alpha value is -3.13. The number of carbonyl (C=O) groups excluding carboxylic acids is 1. The van der Waals surface area contributed by atoms with E-state index < -0.39 is 5.92 Å². The number of benzene rings is 2. The van der Waals surface area contributed by atoms with Crippen molar-refractivity contribution in [3.05, 3.63) is 77.4 Å². The number of rotatable bonds is 3. The van der Waals surface area contributed by atoms with Gasteiger partial charge in [0.1, 0.15) is 18.5 Å². The van der Waals surface area contributed by atoms with Crippen molar-refractivity contribution >= 4 is 11.5 Å². The number of halogens is 1. The molecular weight excluding hydrogens is 295 g/mol. The van der Waals surface area contributed by atoms with Gasteiger partial charge in [0, 0.05) is 5.69 Å². The van der Waals surface area contributed by atoms with E-state index >= 15 is 0 Å². The molecule has 23 heavy (non-hydrogen) atoms. The first-order valence-electron chi connectivity index (χ1n) is 7.08. The predicted octanol–water partition coefficient (Wildman–Crippen LogP) is 3.36. The van der Waals surface area contributed by atoms with Crippen molar-refractivity contribution in [1.29, 1.82) is 5.26 Å². The zero-order valence-corrected chi connectivity index (χ0v) is 12.1. The van der Waals surface area contributed by atoms with Crippen LogP contribution < -0.4 is 5.32 Å². The van der Waals surface area contributed by atoms with Crippen molar-refractivity contribution < 1.29 is 13.9 Å². The van der Waals surface area contributed by atoms with Crippen LogP contribution in [0.4, 0.5) is 10.1 Å². The molecule has 0 saturated carbocycles. The van der Waals surface area contributed by atoms with Gasteiger partial charge in [-0.15, -0.1) is 0 Å². The second-order valence-corrected chi connectivity index (χ2v) is 5.09. The summed E-state index contributed by atoms with van der Waals surface area (Å²) in [5.41, 5.74) is 1.29. The van der Waals surface area contributed by atoms with Gasteiger partial charge in [-0.25, -0.2) is 4.39 Å². The van der Waals surface area contributed by atoms with Crippen LogP contribution in [0.15, 0.2) is 66.1 Å². The SMILES string of the molecule is N#CC1=C(Nc2ccc(F)cc2)OCC(c2ccccc2)C1=O. The molecule has 3 rings (SSSR count). The second-order valence-electron chi connectivity index (χ2n) is 5.09. The van der Waals surface area contributed by atoms with Crippen LogP contribution in [-0.4, -0.2) is 12.4 Å². The summed E-state index contributed by atoms with van der Waals surface area (Å²) in [6, 6.07) is 16.7. The second kappa shape index (κ2) is 6.32. The highest BCUT2D eigenvalue weighted by Crippen LogP contribution is 2.28. The van der Waals surface area contributed by atoms with Gasteiger partial charge in [0.2, 0.25) is 5.88 Å². The van der Waals surface area contributed by atoms with Crippen molar-refractivity contribution in [2.24, 2.45) is 0 Å². The summed E-state index contributed by atoms with van der Waals surface area (Å²) >= 11 is 0. The molecule has 0 radical (unpaired) electrons. The molecule has 4 nitrogen and oxygen atoms in total. The van der Waals surface area contributed by atoms with Crippen molar-refractivity contribution in [1.82, 2.24) is 0 Å². The van der Waals surface area contributed by atoms with E-state index in [1.807, 2.05) is 36.4 Å². The number of nitriles is 1. The van der Waals surface area contributed by atoms with E-state index in [9.17, 15) is 14.4 Å². The Labute approximate surface area is 132 Å². The van der Waals surface area contributed by atoms with Crippen LogP contribution >= 0.6 is 0 Å². The maximum absolute atomic E-state index is 12.9. The first-order valence-corrected chi connectivity index (χ1v) is 7.08. The summed E-state index contributed by atoms with van der Waals surface area (Å²) in [4.78, 5) is 12.6. The van der Waals surface area contributed by atoms with Gasteiger partial charge in [-0.3, -0.25) is 4.79 Å². The average molecular weight is 308 g/mol. The Morgan fingerprint density at radius 3 is 2.48 bits per heavy atom. The minimum Gasteiger partial charge on any atom is -0.477 e. The minimum atomic E-state index is -0.496. The number of allylic oxidation sites excluding steroid dienone is 1. The number of anilines is 1. The van der Waals surface area contributed by atoms with Gasteiger partial charge in [0.15, 0.2) is 11.4 Å². The van der Waals surface area contributed by atoms with E-state index in [1.54, 1.807) is 0 Å². The topological polar surface area (TPSA) is 62.1 Å². The molecule has 2 aromatic rings.